The van der Waals surface area contributed by atoms with Crippen LogP contribution in [0.1, 0.15) is 24.8 Å². The topological polar surface area (TPSA) is 114 Å². The first kappa shape index (κ1) is 28.8. The molecule has 4 aromatic rings. The van der Waals surface area contributed by atoms with Crippen LogP contribution in [-0.4, -0.2) is 87.8 Å². The maximum Gasteiger partial charge on any atom is 0.319 e. The van der Waals surface area contributed by atoms with E-state index in [2.05, 4.69) is 39.8 Å². The van der Waals surface area contributed by atoms with Crippen LogP contribution >= 0.6 is 11.6 Å². The molecule has 2 aliphatic heterocycles. The normalized spacial score (nSPS) is 19.2. The number of aryl methyl sites for hydroxylation is 1. The fraction of sp³-hybridized carbons (Fsp3) is 0.387. The molecular weight excluding hydrogens is 571 g/mol. The Morgan fingerprint density at radius 2 is 2.12 bits per heavy atom. The summed E-state index contributed by atoms with van der Waals surface area (Å²) in [7, 11) is 2.05. The summed E-state index contributed by atoms with van der Waals surface area (Å²) in [5.41, 5.74) is 2.42. The SMILES string of the molecule is C=CC(=O)N1CCN(c2nc(OC[C@@H]3CCCN3C)nc3c(F)c(-c4c(C)ccc5cn[nH]c45)c(Cl)cc23)CC1CC#N. The van der Waals surface area contributed by atoms with E-state index in [9.17, 15) is 10.1 Å². The van der Waals surface area contributed by atoms with Crippen LogP contribution in [0.15, 0.2) is 37.1 Å². The number of nitrogens with zero attached hydrogens (tertiary/aromatic N) is 7. The second-order valence-electron chi connectivity index (χ2n) is 11.2. The summed E-state index contributed by atoms with van der Waals surface area (Å²) in [6.07, 6.45) is 5.14. The summed E-state index contributed by atoms with van der Waals surface area (Å²) >= 11 is 6.87. The van der Waals surface area contributed by atoms with Crippen LogP contribution in [0.5, 0.6) is 6.01 Å². The van der Waals surface area contributed by atoms with Gasteiger partial charge in [0.2, 0.25) is 5.91 Å². The van der Waals surface area contributed by atoms with E-state index >= 15 is 4.39 Å². The molecule has 1 amide bonds. The molecule has 2 aliphatic rings. The van der Waals surface area contributed by atoms with Gasteiger partial charge >= 0.3 is 6.01 Å². The molecule has 0 saturated carbocycles. The Labute approximate surface area is 253 Å². The van der Waals surface area contributed by atoms with E-state index in [0.29, 0.717) is 48.5 Å². The summed E-state index contributed by atoms with van der Waals surface area (Å²) in [6.45, 7) is 7.93. The Morgan fingerprint density at radius 3 is 2.86 bits per heavy atom. The highest BCUT2D eigenvalue weighted by atomic mass is 35.5. The van der Waals surface area contributed by atoms with Gasteiger partial charge in [-0.2, -0.15) is 20.3 Å². The molecule has 6 rings (SSSR count). The maximum absolute atomic E-state index is 16.8. The van der Waals surface area contributed by atoms with Gasteiger partial charge in [-0.3, -0.25) is 9.89 Å². The minimum Gasteiger partial charge on any atom is -0.462 e. The minimum atomic E-state index is -0.590. The number of piperazine rings is 1. The summed E-state index contributed by atoms with van der Waals surface area (Å²) in [6, 6.07) is 7.57. The number of nitriles is 1. The number of hydrogen-bond donors (Lipinski definition) is 1. The van der Waals surface area contributed by atoms with Crippen molar-refractivity contribution in [1.82, 2.24) is 30.0 Å². The van der Waals surface area contributed by atoms with Crippen molar-refractivity contribution in [2.45, 2.75) is 38.3 Å². The second-order valence-corrected chi connectivity index (χ2v) is 11.6. The van der Waals surface area contributed by atoms with Gasteiger partial charge in [0.25, 0.3) is 0 Å². The highest BCUT2D eigenvalue weighted by Crippen LogP contribution is 2.42. The highest BCUT2D eigenvalue weighted by Gasteiger charge is 2.32. The molecule has 43 heavy (non-hydrogen) atoms. The quantitative estimate of drug-likeness (QED) is 0.298. The predicted octanol–water partition coefficient (Wildman–Crippen LogP) is 4.86. The van der Waals surface area contributed by atoms with Crippen molar-refractivity contribution >= 4 is 45.1 Å². The molecule has 0 bridgehead atoms. The fourth-order valence-electron chi connectivity index (χ4n) is 6.23. The average Bonchev–Trinajstić information content (AvgIpc) is 3.65. The van der Waals surface area contributed by atoms with Crippen molar-refractivity contribution < 1.29 is 13.9 Å². The number of aromatic amines is 1. The van der Waals surface area contributed by atoms with E-state index in [-0.39, 0.29) is 40.5 Å². The molecule has 2 fully saturated rings. The Bertz CT molecular complexity index is 1770. The number of carbonyl (C=O) groups is 1. The van der Waals surface area contributed by atoms with Crippen molar-refractivity contribution in [3.8, 4) is 23.2 Å². The van der Waals surface area contributed by atoms with Crippen molar-refractivity contribution in [2.75, 3.05) is 44.7 Å². The number of likely N-dealkylation sites (tertiary alicyclic amines) is 1. The molecule has 4 heterocycles. The van der Waals surface area contributed by atoms with Crippen molar-refractivity contribution in [3.63, 3.8) is 0 Å². The third-order valence-electron chi connectivity index (χ3n) is 8.56. The van der Waals surface area contributed by atoms with Crippen molar-refractivity contribution in [2.24, 2.45) is 0 Å². The number of H-pyrrole nitrogens is 1. The largest absolute Gasteiger partial charge is 0.462 e. The first-order chi connectivity index (χ1) is 20.8. The fourth-order valence-corrected chi connectivity index (χ4v) is 6.52. The van der Waals surface area contributed by atoms with Crippen LogP contribution in [0, 0.1) is 24.1 Å². The zero-order valence-corrected chi connectivity index (χ0v) is 24.9. The molecule has 1 N–H and O–H groups in total. The molecule has 0 radical (unpaired) electrons. The first-order valence-corrected chi connectivity index (χ1v) is 14.7. The molecule has 0 aliphatic carbocycles. The maximum atomic E-state index is 16.8. The van der Waals surface area contributed by atoms with Crippen LogP contribution in [-0.2, 0) is 4.79 Å². The number of hydrogen-bond acceptors (Lipinski definition) is 8. The van der Waals surface area contributed by atoms with Gasteiger partial charge in [0.05, 0.1) is 35.3 Å². The Kier molecular flexibility index (Phi) is 7.90. The Morgan fingerprint density at radius 1 is 1.28 bits per heavy atom. The predicted molar refractivity (Wildman–Crippen MR) is 164 cm³/mol. The van der Waals surface area contributed by atoms with Crippen LogP contribution in [0.2, 0.25) is 5.02 Å². The average molecular weight is 603 g/mol. The van der Waals surface area contributed by atoms with E-state index < -0.39 is 11.9 Å². The van der Waals surface area contributed by atoms with Gasteiger partial charge in [-0.05, 0) is 51.1 Å². The number of ether oxygens (including phenoxy) is 1. The lowest BCUT2D eigenvalue weighted by atomic mass is 9.96. The lowest BCUT2D eigenvalue weighted by molar-refractivity contribution is -0.128. The molecule has 12 heteroatoms. The van der Waals surface area contributed by atoms with E-state index in [1.54, 1.807) is 17.2 Å². The highest BCUT2D eigenvalue weighted by molar-refractivity contribution is 6.35. The molecular formula is C31H32ClFN8O2. The number of benzene rings is 2. The molecule has 10 nitrogen and oxygen atoms in total. The zero-order chi connectivity index (χ0) is 30.2. The Hall–Kier alpha value is -4.27. The molecule has 0 spiro atoms. The van der Waals surface area contributed by atoms with Crippen LogP contribution in [0.4, 0.5) is 10.2 Å². The van der Waals surface area contributed by atoms with Gasteiger partial charge in [-0.1, -0.05) is 30.3 Å². The summed E-state index contributed by atoms with van der Waals surface area (Å²) in [5.74, 6) is -0.385. The molecule has 222 valence electrons. The van der Waals surface area contributed by atoms with E-state index in [0.717, 1.165) is 30.3 Å². The third kappa shape index (κ3) is 5.26. The number of aromatic nitrogens is 4. The lowest BCUT2D eigenvalue weighted by Crippen LogP contribution is -2.55. The summed E-state index contributed by atoms with van der Waals surface area (Å²) in [4.78, 5) is 27.7. The molecule has 2 aromatic carbocycles. The van der Waals surface area contributed by atoms with Crippen molar-refractivity contribution in [1.29, 1.82) is 5.26 Å². The number of anilines is 1. The standard InChI is InChI=1S/C31H32ClFN8O2/c1-4-24(42)41-13-12-40(16-20(41)9-10-34)30-22-14-23(32)26(25-18(2)7-8-19-15-35-38-28(19)25)27(33)29(22)36-31(37-30)43-17-21-6-5-11-39(21)3/h4,7-8,14-15,20-21H,1,5-6,9,11-13,16-17H2,2-3H3,(H,35,38)/t20?,21-/m0/s1. The monoisotopic (exact) mass is 602 g/mol. The third-order valence-corrected chi connectivity index (χ3v) is 8.86. The van der Waals surface area contributed by atoms with E-state index in [4.69, 9.17) is 21.3 Å². The number of amides is 1. The summed E-state index contributed by atoms with van der Waals surface area (Å²) in [5, 5.41) is 18.1. The van der Waals surface area contributed by atoms with E-state index in [1.165, 1.54) is 6.08 Å². The first-order valence-electron chi connectivity index (χ1n) is 14.3. The molecule has 2 saturated heterocycles. The Balaban J connectivity index is 1.49. The van der Waals surface area contributed by atoms with Gasteiger partial charge in [0.1, 0.15) is 17.9 Å². The van der Waals surface area contributed by atoms with Gasteiger partial charge in [0.15, 0.2) is 5.82 Å². The van der Waals surface area contributed by atoms with Gasteiger partial charge in [-0.15, -0.1) is 0 Å². The van der Waals surface area contributed by atoms with Gasteiger partial charge < -0.3 is 19.4 Å². The molecule has 2 aromatic heterocycles. The van der Waals surface area contributed by atoms with Crippen molar-refractivity contribution in [3.05, 3.63) is 53.5 Å². The summed E-state index contributed by atoms with van der Waals surface area (Å²) < 4.78 is 22.9. The second kappa shape index (κ2) is 11.8. The molecule has 2 atom stereocenters. The van der Waals surface area contributed by atoms with E-state index in [1.807, 2.05) is 24.0 Å². The number of likely N-dealkylation sites (N-methyl/N-ethyl adjacent to an activating group) is 1. The number of carbonyl (C=O) groups excluding carboxylic acids is 1. The van der Waals surface area contributed by atoms with Gasteiger partial charge in [0, 0.05) is 47.6 Å². The zero-order valence-electron chi connectivity index (χ0n) is 24.1. The van der Waals surface area contributed by atoms with Crippen LogP contribution in [0.25, 0.3) is 32.9 Å². The minimum absolute atomic E-state index is 0.0628. The lowest BCUT2D eigenvalue weighted by Gasteiger charge is -2.41. The number of rotatable bonds is 7. The molecule has 1 unspecified atom stereocenters. The number of fused-ring (bicyclic) bond motifs is 2. The van der Waals surface area contributed by atoms with Gasteiger partial charge in [-0.25, -0.2) is 4.39 Å². The number of halogens is 2. The number of nitrogens with one attached hydrogen (secondary N) is 1. The smallest absolute Gasteiger partial charge is 0.319 e. The van der Waals surface area contributed by atoms with Crippen LogP contribution < -0.4 is 9.64 Å². The van der Waals surface area contributed by atoms with Crippen LogP contribution in [0.3, 0.4) is 0 Å².